The van der Waals surface area contributed by atoms with E-state index in [0.29, 0.717) is 6.61 Å². The molecule has 0 N–H and O–H groups in total. The second-order valence-corrected chi connectivity index (χ2v) is 10.6. The molecule has 1 heterocycles. The van der Waals surface area contributed by atoms with Gasteiger partial charge in [-0.15, -0.1) is 12.2 Å². The van der Waals surface area contributed by atoms with Crippen molar-refractivity contribution in [2.45, 2.75) is 24.6 Å². The molecule has 0 saturated carbocycles. The molecule has 1 fully saturated rings. The van der Waals surface area contributed by atoms with Gasteiger partial charge in [0.25, 0.3) is 0 Å². The topological polar surface area (TPSA) is 27.7 Å². The first-order valence-electron chi connectivity index (χ1n) is 4.55. The number of ether oxygens (including phenoxy) is 2. The third-order valence-corrected chi connectivity index (χ3v) is 3.25. The zero-order valence-corrected chi connectivity index (χ0v) is 11.3. The van der Waals surface area contributed by atoms with Crippen LogP contribution < -0.4 is 0 Å². The summed E-state index contributed by atoms with van der Waals surface area (Å²) in [5, 5.41) is 0. The minimum absolute atomic E-state index is 0.00410. The van der Waals surface area contributed by atoms with E-state index >= 15 is 0 Å². The molecule has 1 aliphatic rings. The smallest absolute Gasteiger partial charge is 0.139 e. The predicted octanol–water partition coefficient (Wildman–Crippen LogP) is 0.635. The van der Waals surface area contributed by atoms with Gasteiger partial charge in [-0.1, -0.05) is 11.8 Å². The van der Waals surface area contributed by atoms with Gasteiger partial charge in [-0.3, -0.25) is 0 Å². The summed E-state index contributed by atoms with van der Waals surface area (Å²) in [6.45, 7) is 2.41. The molecule has 0 aromatic rings. The Kier molecular flexibility index (Phi) is 4.95. The van der Waals surface area contributed by atoms with E-state index < -0.39 is 5.47 Å². The maximum atomic E-state index is 5.72. The van der Waals surface area contributed by atoms with Crippen molar-refractivity contribution in [2.24, 2.45) is 0 Å². The van der Waals surface area contributed by atoms with E-state index in [2.05, 4.69) is 12.2 Å². The lowest BCUT2D eigenvalue weighted by molar-refractivity contribution is -0.00743. The molecule has 1 rings (SSSR count). The Morgan fingerprint density at radius 3 is 2.86 bits per heavy atom. The number of hydrogen-bond acceptors (Lipinski definition) is 4. The monoisotopic (exact) mass is 254 g/mol. The van der Waals surface area contributed by atoms with Crippen molar-refractivity contribution >= 4 is 37.4 Å². The summed E-state index contributed by atoms with van der Waals surface area (Å²) < 4.78 is 16.4. The van der Waals surface area contributed by atoms with Crippen LogP contribution in [0.2, 0.25) is 0 Å². The first kappa shape index (κ1) is 13.0. The van der Waals surface area contributed by atoms with Crippen molar-refractivity contribution in [1.82, 2.24) is 0 Å². The minimum atomic E-state index is -1.91. The Balaban J connectivity index is 2.53. The van der Waals surface area contributed by atoms with Crippen LogP contribution in [0.1, 0.15) is 6.42 Å². The number of hydrogen-bond donors (Lipinski definition) is 1. The Morgan fingerprint density at radius 2 is 2.36 bits per heavy atom. The maximum absolute atomic E-state index is 5.72. The highest BCUT2D eigenvalue weighted by Crippen LogP contribution is 2.50. The Hall–Kier alpha value is 0.945. The molecule has 14 heavy (non-hydrogen) atoms. The van der Waals surface area contributed by atoms with Gasteiger partial charge in [0.05, 0.1) is 12.7 Å². The molecule has 0 amide bonds. The second-order valence-electron chi connectivity index (χ2n) is 3.62. The van der Waals surface area contributed by atoms with Gasteiger partial charge in [0.2, 0.25) is 0 Å². The zero-order valence-electron chi connectivity index (χ0n) is 8.67. The zero-order chi connectivity index (χ0) is 10.8. The Morgan fingerprint density at radius 1 is 1.71 bits per heavy atom. The molecule has 4 atom stereocenters. The molecule has 0 radical (unpaired) electrons. The Bertz CT molecular complexity index is 235. The van der Waals surface area contributed by atoms with Crippen molar-refractivity contribution in [3.05, 3.63) is 0 Å². The molecule has 0 aliphatic carbocycles. The van der Waals surface area contributed by atoms with Crippen LogP contribution in [0, 0.1) is 0 Å². The van der Waals surface area contributed by atoms with Crippen molar-refractivity contribution in [2.75, 3.05) is 20.4 Å². The fourth-order valence-electron chi connectivity index (χ4n) is 1.59. The van der Waals surface area contributed by atoms with E-state index in [-0.39, 0.29) is 18.2 Å². The molecule has 2 unspecified atom stereocenters. The molecule has 0 aromatic carbocycles. The van der Waals surface area contributed by atoms with Gasteiger partial charge >= 0.3 is 0 Å². The van der Waals surface area contributed by atoms with Gasteiger partial charge < -0.3 is 14.0 Å². The maximum Gasteiger partial charge on any atom is 0.139 e. The molecule has 3 nitrogen and oxygen atoms in total. The highest BCUT2D eigenvalue weighted by atomic mass is 32.9. The lowest BCUT2D eigenvalue weighted by atomic mass is 9.96. The van der Waals surface area contributed by atoms with Crippen LogP contribution in [0.4, 0.5) is 0 Å². The first-order valence-corrected chi connectivity index (χ1v) is 8.87. The van der Waals surface area contributed by atoms with Crippen molar-refractivity contribution in [1.29, 1.82) is 0 Å². The van der Waals surface area contributed by atoms with Crippen molar-refractivity contribution in [3.63, 3.8) is 0 Å². The molecule has 1 saturated heterocycles. The quantitative estimate of drug-likeness (QED) is 0.452. The molecule has 0 aromatic heterocycles. The molecule has 7 heteroatoms. The van der Waals surface area contributed by atoms with E-state index in [9.17, 15) is 0 Å². The molecule has 1 aliphatic heterocycles. The summed E-state index contributed by atoms with van der Waals surface area (Å²) in [6.07, 6.45) is 0.920. The summed E-state index contributed by atoms with van der Waals surface area (Å²) in [7, 11) is 3.69. The number of thiol groups is 1. The molecular formula is C7H16BO3PS2. The van der Waals surface area contributed by atoms with E-state index in [1.54, 1.807) is 7.11 Å². The second kappa shape index (κ2) is 5.33. The third kappa shape index (κ3) is 4.21. The van der Waals surface area contributed by atoms with Gasteiger partial charge in [0.1, 0.15) is 19.4 Å². The van der Waals surface area contributed by atoms with Crippen LogP contribution in [-0.4, -0.2) is 46.4 Å². The van der Waals surface area contributed by atoms with Crippen LogP contribution in [0.15, 0.2) is 0 Å². The van der Waals surface area contributed by atoms with Crippen LogP contribution in [0.25, 0.3) is 0 Å². The van der Waals surface area contributed by atoms with Crippen LogP contribution in [-0.2, 0) is 25.8 Å². The van der Waals surface area contributed by atoms with E-state index in [4.69, 9.17) is 25.8 Å². The lowest BCUT2D eigenvalue weighted by Crippen LogP contribution is -2.27. The van der Waals surface area contributed by atoms with Crippen LogP contribution in [0.5, 0.6) is 0 Å². The van der Waals surface area contributed by atoms with E-state index in [1.807, 2.05) is 14.5 Å². The summed E-state index contributed by atoms with van der Waals surface area (Å²) in [6, 6.07) is 0.218. The van der Waals surface area contributed by atoms with E-state index in [0.717, 1.165) is 6.42 Å². The Labute approximate surface area is 96.5 Å². The largest absolute Gasteiger partial charge is 0.382 e. The SMILES string of the molecule is B[C@H]1CC(OP(C)(=S)S)[C@@H](COC)O1. The molecule has 0 bridgehead atoms. The minimum Gasteiger partial charge on any atom is -0.382 e. The summed E-state index contributed by atoms with van der Waals surface area (Å²) in [4.78, 5) is 0. The van der Waals surface area contributed by atoms with Crippen LogP contribution in [0.3, 0.4) is 0 Å². The summed E-state index contributed by atoms with van der Waals surface area (Å²) in [5.74, 6) is 0. The predicted molar refractivity (Wildman–Crippen MR) is 67.8 cm³/mol. The average molecular weight is 254 g/mol. The van der Waals surface area contributed by atoms with Crippen molar-refractivity contribution in [3.8, 4) is 0 Å². The van der Waals surface area contributed by atoms with Gasteiger partial charge in [0.15, 0.2) is 0 Å². The fourth-order valence-corrected chi connectivity index (χ4v) is 3.01. The number of methoxy groups -OCH3 is 1. The third-order valence-electron chi connectivity index (χ3n) is 2.05. The molecule has 82 valence electrons. The van der Waals surface area contributed by atoms with Crippen LogP contribution >= 0.6 is 17.7 Å². The highest BCUT2D eigenvalue weighted by Gasteiger charge is 2.35. The highest BCUT2D eigenvalue weighted by molar-refractivity contribution is 8.61. The fraction of sp³-hybridized carbons (Fsp3) is 1.00. The average Bonchev–Trinajstić information content (AvgIpc) is 2.28. The normalized spacial score (nSPS) is 36.9. The lowest BCUT2D eigenvalue weighted by Gasteiger charge is -2.21. The summed E-state index contributed by atoms with van der Waals surface area (Å²) in [5.41, 5.74) is -1.91. The summed E-state index contributed by atoms with van der Waals surface area (Å²) >= 11 is 9.43. The standard InChI is InChI=1S/C7H16BO3PS2/c1-9-4-6-5(3-7(8)10-6)11-12(2,13)14/h5-7H,3-4,8H2,1-2H3,(H,13,14)/t5?,6-,7-/m1/s1. The van der Waals surface area contributed by atoms with Crippen molar-refractivity contribution < 1.29 is 14.0 Å². The van der Waals surface area contributed by atoms with Gasteiger partial charge in [-0.2, -0.15) is 0 Å². The van der Waals surface area contributed by atoms with Gasteiger partial charge in [0, 0.05) is 13.1 Å². The van der Waals surface area contributed by atoms with Gasteiger partial charge in [-0.25, -0.2) is 0 Å². The number of rotatable bonds is 4. The molecular weight excluding hydrogens is 238 g/mol. The molecule has 0 spiro atoms. The first-order chi connectivity index (χ1) is 6.42. The van der Waals surface area contributed by atoms with E-state index in [1.165, 1.54) is 0 Å². The van der Waals surface area contributed by atoms with Gasteiger partial charge in [-0.05, 0) is 13.1 Å².